The summed E-state index contributed by atoms with van der Waals surface area (Å²) in [6, 6.07) is 14.7. The van der Waals surface area contributed by atoms with Crippen LogP contribution in [0.25, 0.3) is 22.7 Å². The number of amides is 1. The van der Waals surface area contributed by atoms with Gasteiger partial charge in [-0.15, -0.1) is 0 Å². The highest BCUT2D eigenvalue weighted by molar-refractivity contribution is 5.92. The van der Waals surface area contributed by atoms with Gasteiger partial charge in [0.25, 0.3) is 5.56 Å². The number of nitrogens with zero attached hydrogens (tertiary/aromatic N) is 4. The van der Waals surface area contributed by atoms with E-state index in [1.54, 1.807) is 17.6 Å². The molecule has 4 aromatic rings. The Hall–Kier alpha value is -4.53. The van der Waals surface area contributed by atoms with E-state index in [1.165, 1.54) is 6.08 Å². The van der Waals surface area contributed by atoms with Crippen molar-refractivity contribution in [1.82, 2.24) is 24.8 Å². The van der Waals surface area contributed by atoms with Gasteiger partial charge in [0.2, 0.25) is 11.9 Å². The molecule has 2 aromatic carbocycles. The van der Waals surface area contributed by atoms with Crippen molar-refractivity contribution in [1.29, 1.82) is 0 Å². The number of carbonyl (C=O) groups is 1. The molecule has 0 spiro atoms. The molecule has 0 saturated heterocycles. The summed E-state index contributed by atoms with van der Waals surface area (Å²) in [5, 5.41) is 6.75. The molecule has 2 aromatic heterocycles. The van der Waals surface area contributed by atoms with Gasteiger partial charge in [-0.3, -0.25) is 14.2 Å². The molecule has 2 heterocycles. The Morgan fingerprint density at radius 1 is 1.05 bits per heavy atom. The number of para-hydroxylation sites is 1. The maximum Gasteiger partial charge on any atom is 0.266 e. The first-order valence-electron chi connectivity index (χ1n) is 12.3. The van der Waals surface area contributed by atoms with E-state index in [2.05, 4.69) is 20.6 Å². The number of hydrogen-bond acceptors (Lipinski definition) is 7. The highest BCUT2D eigenvalue weighted by Gasteiger charge is 2.22. The molecule has 1 unspecified atom stereocenters. The van der Waals surface area contributed by atoms with E-state index in [1.807, 2.05) is 69.3 Å². The maximum absolute atomic E-state index is 13.9. The summed E-state index contributed by atoms with van der Waals surface area (Å²) < 4.78 is 1.65. The standard InChI is InChI=1S/C28H31N7O2/c1-5-21(32-25-20(15-16-23(36)30-6-2)18(4)31-28(29)34-25)26-33-22-14-10-11-17(3)24(22)27(37)35(26)19-12-8-7-9-13-19/h7-16,21H,5-6H2,1-4H3,(H,30,36)(H3,29,31,32,34)/b16-15+. The molecule has 0 aliphatic carbocycles. The molecule has 0 aliphatic heterocycles. The van der Waals surface area contributed by atoms with Gasteiger partial charge < -0.3 is 16.4 Å². The number of nitrogen functional groups attached to an aromatic ring is 1. The van der Waals surface area contributed by atoms with E-state index in [0.717, 1.165) is 11.3 Å². The second-order valence-electron chi connectivity index (χ2n) is 8.68. The van der Waals surface area contributed by atoms with Crippen molar-refractivity contribution < 1.29 is 4.79 Å². The summed E-state index contributed by atoms with van der Waals surface area (Å²) in [5.41, 5.74) is 9.31. The van der Waals surface area contributed by atoms with Crippen molar-refractivity contribution >= 4 is 34.7 Å². The van der Waals surface area contributed by atoms with Crippen LogP contribution in [0.4, 0.5) is 11.8 Å². The fraction of sp³-hybridized carbons (Fsp3) is 0.250. The van der Waals surface area contributed by atoms with Crippen LogP contribution >= 0.6 is 0 Å². The number of nitrogens with two attached hydrogens (primary N) is 1. The number of aromatic nitrogens is 4. The minimum Gasteiger partial charge on any atom is -0.368 e. The topological polar surface area (TPSA) is 128 Å². The summed E-state index contributed by atoms with van der Waals surface area (Å²) >= 11 is 0. The highest BCUT2D eigenvalue weighted by atomic mass is 16.1. The quantitative estimate of drug-likeness (QED) is 0.313. The lowest BCUT2D eigenvalue weighted by molar-refractivity contribution is -0.116. The zero-order valence-electron chi connectivity index (χ0n) is 21.4. The van der Waals surface area contributed by atoms with Crippen molar-refractivity contribution in [3.05, 3.63) is 87.6 Å². The molecule has 9 nitrogen and oxygen atoms in total. The molecule has 9 heteroatoms. The lowest BCUT2D eigenvalue weighted by Gasteiger charge is -2.23. The van der Waals surface area contributed by atoms with Crippen LogP contribution in [-0.4, -0.2) is 32.0 Å². The summed E-state index contributed by atoms with van der Waals surface area (Å²) in [6.45, 7) is 8.09. The number of carbonyl (C=O) groups excluding carboxylic acids is 1. The van der Waals surface area contributed by atoms with Crippen molar-refractivity contribution in [2.75, 3.05) is 17.6 Å². The Labute approximate surface area is 215 Å². The average Bonchev–Trinajstić information content (AvgIpc) is 2.87. The van der Waals surface area contributed by atoms with Gasteiger partial charge in [0.05, 0.1) is 28.3 Å². The van der Waals surface area contributed by atoms with Gasteiger partial charge in [0, 0.05) is 18.2 Å². The Kier molecular flexibility index (Phi) is 7.62. The second-order valence-corrected chi connectivity index (χ2v) is 8.68. The number of benzene rings is 2. The van der Waals surface area contributed by atoms with Crippen molar-refractivity contribution in [2.24, 2.45) is 0 Å². The molecule has 1 atom stereocenters. The fourth-order valence-corrected chi connectivity index (χ4v) is 4.29. The number of aryl methyl sites for hydroxylation is 2. The van der Waals surface area contributed by atoms with Crippen LogP contribution in [0.2, 0.25) is 0 Å². The Morgan fingerprint density at radius 2 is 1.81 bits per heavy atom. The molecule has 0 fully saturated rings. The molecule has 0 radical (unpaired) electrons. The van der Waals surface area contributed by atoms with E-state index in [9.17, 15) is 9.59 Å². The van der Waals surface area contributed by atoms with E-state index in [-0.39, 0.29) is 17.4 Å². The lowest BCUT2D eigenvalue weighted by atomic mass is 10.1. The van der Waals surface area contributed by atoms with Crippen LogP contribution in [-0.2, 0) is 4.79 Å². The van der Waals surface area contributed by atoms with Crippen molar-refractivity contribution in [3.8, 4) is 5.69 Å². The normalized spacial score (nSPS) is 12.1. The number of hydrogen-bond donors (Lipinski definition) is 3. The van der Waals surface area contributed by atoms with E-state index in [4.69, 9.17) is 10.7 Å². The highest BCUT2D eigenvalue weighted by Crippen LogP contribution is 2.28. The third kappa shape index (κ3) is 5.35. The Balaban J connectivity index is 1.89. The Bertz CT molecular complexity index is 1530. The molecule has 0 bridgehead atoms. The zero-order chi connectivity index (χ0) is 26.5. The molecule has 4 N–H and O–H groups in total. The van der Waals surface area contributed by atoms with Crippen LogP contribution in [0.3, 0.4) is 0 Å². The first-order chi connectivity index (χ1) is 17.8. The second kappa shape index (κ2) is 11.0. The molecular weight excluding hydrogens is 466 g/mol. The van der Waals surface area contributed by atoms with Crippen molar-refractivity contribution in [3.63, 3.8) is 0 Å². The molecule has 4 rings (SSSR count). The van der Waals surface area contributed by atoms with E-state index in [0.29, 0.717) is 46.8 Å². The van der Waals surface area contributed by atoms with Gasteiger partial charge in [-0.25, -0.2) is 9.97 Å². The van der Waals surface area contributed by atoms with E-state index < -0.39 is 6.04 Å². The predicted octanol–water partition coefficient (Wildman–Crippen LogP) is 4.09. The van der Waals surface area contributed by atoms with Gasteiger partial charge >= 0.3 is 0 Å². The van der Waals surface area contributed by atoms with Crippen LogP contribution in [0, 0.1) is 13.8 Å². The number of likely N-dealkylation sites (N-methyl/N-ethyl adjacent to an activating group) is 1. The van der Waals surface area contributed by atoms with Gasteiger partial charge in [0.15, 0.2) is 0 Å². The molecule has 0 aliphatic rings. The molecule has 190 valence electrons. The third-order valence-corrected chi connectivity index (χ3v) is 6.08. The number of fused-ring (bicyclic) bond motifs is 1. The van der Waals surface area contributed by atoms with Gasteiger partial charge in [-0.1, -0.05) is 37.3 Å². The number of nitrogens with one attached hydrogen (secondary N) is 2. The zero-order valence-corrected chi connectivity index (χ0v) is 21.4. The third-order valence-electron chi connectivity index (χ3n) is 6.08. The predicted molar refractivity (Wildman–Crippen MR) is 148 cm³/mol. The van der Waals surface area contributed by atoms with Gasteiger partial charge in [-0.2, -0.15) is 4.98 Å². The lowest BCUT2D eigenvalue weighted by Crippen LogP contribution is -2.29. The number of anilines is 2. The van der Waals surface area contributed by atoms with Gasteiger partial charge in [0.1, 0.15) is 11.6 Å². The fourth-order valence-electron chi connectivity index (χ4n) is 4.29. The minimum atomic E-state index is -0.400. The SMILES string of the molecule is CCNC(=O)/C=C/c1c(C)nc(N)nc1NC(CC)c1nc2cccc(C)c2c(=O)n1-c1ccccc1. The first kappa shape index (κ1) is 25.6. The first-order valence-corrected chi connectivity index (χ1v) is 12.3. The summed E-state index contributed by atoms with van der Waals surface area (Å²) in [4.78, 5) is 39.6. The number of rotatable bonds is 8. The van der Waals surface area contributed by atoms with Crippen LogP contribution < -0.4 is 21.9 Å². The summed E-state index contributed by atoms with van der Waals surface area (Å²) in [5.74, 6) is 0.884. The molecule has 0 saturated carbocycles. The molecular formula is C28H31N7O2. The minimum absolute atomic E-state index is 0.104. The van der Waals surface area contributed by atoms with Crippen LogP contribution in [0.15, 0.2) is 59.4 Å². The summed E-state index contributed by atoms with van der Waals surface area (Å²) in [7, 11) is 0. The average molecular weight is 498 g/mol. The van der Waals surface area contributed by atoms with Crippen molar-refractivity contribution in [2.45, 2.75) is 40.2 Å². The summed E-state index contributed by atoms with van der Waals surface area (Å²) in [6.07, 6.45) is 3.70. The van der Waals surface area contributed by atoms with Gasteiger partial charge in [-0.05, 0) is 57.0 Å². The van der Waals surface area contributed by atoms with Crippen LogP contribution in [0.1, 0.15) is 49.0 Å². The molecule has 1 amide bonds. The molecule has 37 heavy (non-hydrogen) atoms. The van der Waals surface area contributed by atoms with Crippen LogP contribution in [0.5, 0.6) is 0 Å². The largest absolute Gasteiger partial charge is 0.368 e. The monoisotopic (exact) mass is 497 g/mol. The smallest absolute Gasteiger partial charge is 0.266 e. The maximum atomic E-state index is 13.9. The Morgan fingerprint density at radius 3 is 2.51 bits per heavy atom. The van der Waals surface area contributed by atoms with E-state index >= 15 is 0 Å².